The van der Waals surface area contributed by atoms with E-state index >= 15 is 0 Å². The zero-order chi connectivity index (χ0) is 28.0. The van der Waals surface area contributed by atoms with E-state index in [1.165, 1.54) is 0 Å². The van der Waals surface area contributed by atoms with Gasteiger partial charge >= 0.3 is 5.97 Å². The number of dihydropyridines is 1. The van der Waals surface area contributed by atoms with E-state index in [4.69, 9.17) is 9.47 Å². The monoisotopic (exact) mass is 562 g/mol. The smallest absolute Gasteiger partial charge is 0.337 e. The first-order valence-corrected chi connectivity index (χ1v) is 15.8. The Labute approximate surface area is 237 Å². The second-order valence-electron chi connectivity index (χ2n) is 11.0. The quantitative estimate of drug-likeness (QED) is 0.317. The van der Waals surface area contributed by atoms with Crippen molar-refractivity contribution in [3.63, 3.8) is 0 Å². The van der Waals surface area contributed by atoms with Crippen molar-refractivity contribution in [3.05, 3.63) is 88.4 Å². The van der Waals surface area contributed by atoms with Crippen molar-refractivity contribution in [2.45, 2.75) is 50.5 Å². The molecule has 3 aliphatic rings. The SMILES string of the molecule is C=S1(=O)CCC(OC(=O)C2=C(C)NC3=C(C(=O)C[C@H](c4ccccc4OC)C3)C2c2cccc3[nH]ccc23)CC1.[HH].[HH]. The van der Waals surface area contributed by atoms with E-state index in [0.717, 1.165) is 33.5 Å². The molecule has 0 spiro atoms. The Bertz CT molecular complexity index is 1680. The molecule has 1 unspecified atom stereocenters. The van der Waals surface area contributed by atoms with Crippen molar-refractivity contribution in [2.24, 2.45) is 0 Å². The maximum atomic E-state index is 14.0. The van der Waals surface area contributed by atoms with Crippen LogP contribution < -0.4 is 10.1 Å². The Morgan fingerprint density at radius 1 is 1.05 bits per heavy atom. The molecule has 3 aromatic rings. The molecule has 212 valence electrons. The van der Waals surface area contributed by atoms with Crippen LogP contribution in [0.4, 0.5) is 0 Å². The zero-order valence-electron chi connectivity index (χ0n) is 22.8. The third-order valence-corrected chi connectivity index (χ3v) is 10.4. The molecule has 40 heavy (non-hydrogen) atoms. The highest BCUT2D eigenvalue weighted by Crippen LogP contribution is 2.48. The number of benzene rings is 2. The summed E-state index contributed by atoms with van der Waals surface area (Å²) in [6.07, 6.45) is 3.56. The minimum absolute atomic E-state index is 0. The molecule has 7 nitrogen and oxygen atoms in total. The number of ketones is 1. The second-order valence-corrected chi connectivity index (χ2v) is 13.8. The topological polar surface area (TPSA) is 97.5 Å². The molecule has 2 N–H and O–H groups in total. The molecule has 2 aromatic carbocycles. The first-order valence-electron chi connectivity index (χ1n) is 13.7. The molecule has 1 saturated heterocycles. The van der Waals surface area contributed by atoms with Gasteiger partial charge in [-0.1, -0.05) is 30.3 Å². The number of H-pyrrole nitrogens is 1. The van der Waals surface area contributed by atoms with Crippen molar-refractivity contribution >= 4 is 38.0 Å². The van der Waals surface area contributed by atoms with Gasteiger partial charge in [0.1, 0.15) is 11.9 Å². The Morgan fingerprint density at radius 2 is 1.80 bits per heavy atom. The van der Waals surface area contributed by atoms with E-state index in [1.807, 2.05) is 61.7 Å². The minimum atomic E-state index is -2.10. The van der Waals surface area contributed by atoms with Gasteiger partial charge in [-0.15, -0.1) is 0 Å². The summed E-state index contributed by atoms with van der Waals surface area (Å²) in [7, 11) is -0.449. The fourth-order valence-electron chi connectivity index (χ4n) is 6.48. The number of Topliss-reactive ketones (excluding diaryl/α,β-unsaturated/α-hetero) is 1. The van der Waals surface area contributed by atoms with Gasteiger partial charge in [-0.05, 0) is 70.9 Å². The summed E-state index contributed by atoms with van der Waals surface area (Å²) in [4.78, 5) is 31.2. The maximum Gasteiger partial charge on any atom is 0.337 e. The molecule has 0 saturated carbocycles. The number of para-hydroxylation sites is 1. The summed E-state index contributed by atoms with van der Waals surface area (Å²) in [6, 6.07) is 15.8. The maximum absolute atomic E-state index is 14.0. The summed E-state index contributed by atoms with van der Waals surface area (Å²) in [5.41, 5.74) is 5.45. The van der Waals surface area contributed by atoms with Crippen LogP contribution in [0.25, 0.3) is 10.9 Å². The van der Waals surface area contributed by atoms with E-state index in [1.54, 1.807) is 7.11 Å². The molecular weight excluding hydrogens is 524 g/mol. The van der Waals surface area contributed by atoms with Crippen LogP contribution in [0.3, 0.4) is 0 Å². The largest absolute Gasteiger partial charge is 0.496 e. The van der Waals surface area contributed by atoms with Crippen LogP contribution in [0.2, 0.25) is 0 Å². The lowest BCUT2D eigenvalue weighted by Gasteiger charge is -2.37. The Hall–Kier alpha value is -3.78. The van der Waals surface area contributed by atoms with E-state index in [9.17, 15) is 13.8 Å². The van der Waals surface area contributed by atoms with Crippen LogP contribution >= 0.6 is 0 Å². The average Bonchev–Trinajstić information content (AvgIpc) is 3.42. The molecule has 0 radical (unpaired) electrons. The number of esters is 1. The van der Waals surface area contributed by atoms with Gasteiger partial charge in [-0.2, -0.15) is 0 Å². The van der Waals surface area contributed by atoms with Gasteiger partial charge in [0.25, 0.3) is 0 Å². The van der Waals surface area contributed by atoms with Gasteiger partial charge in [0.2, 0.25) is 0 Å². The number of fused-ring (bicyclic) bond motifs is 1. The Morgan fingerprint density at radius 3 is 2.58 bits per heavy atom. The molecule has 0 amide bonds. The van der Waals surface area contributed by atoms with Gasteiger partial charge in [0, 0.05) is 66.7 Å². The Kier molecular flexibility index (Phi) is 6.82. The number of nitrogens with one attached hydrogen (secondary N) is 2. The highest BCUT2D eigenvalue weighted by Gasteiger charge is 2.43. The number of aromatic amines is 1. The van der Waals surface area contributed by atoms with Crippen molar-refractivity contribution in [1.82, 2.24) is 10.3 Å². The number of hydrogen-bond acceptors (Lipinski definition) is 6. The molecule has 6 rings (SSSR count). The molecule has 0 bridgehead atoms. The minimum Gasteiger partial charge on any atom is -0.496 e. The second kappa shape index (κ2) is 10.3. The van der Waals surface area contributed by atoms with Crippen molar-refractivity contribution in [1.29, 1.82) is 0 Å². The van der Waals surface area contributed by atoms with Gasteiger partial charge in [-0.3, -0.25) is 9.00 Å². The third kappa shape index (κ3) is 4.74. The summed E-state index contributed by atoms with van der Waals surface area (Å²) < 4.78 is 24.0. The van der Waals surface area contributed by atoms with Crippen molar-refractivity contribution in [3.8, 4) is 5.75 Å². The molecule has 1 aliphatic carbocycles. The number of hydrogen-bond donors (Lipinski definition) is 2. The Balaban J connectivity index is 0.00000202. The van der Waals surface area contributed by atoms with Gasteiger partial charge < -0.3 is 19.8 Å². The molecule has 2 atom stereocenters. The summed E-state index contributed by atoms with van der Waals surface area (Å²) in [5, 5.41) is 4.41. The number of carbonyl (C=O) groups excluding carboxylic acids is 2. The predicted molar refractivity (Wildman–Crippen MR) is 162 cm³/mol. The average molecular weight is 563 g/mol. The third-order valence-electron chi connectivity index (χ3n) is 8.46. The van der Waals surface area contributed by atoms with E-state index in [0.29, 0.717) is 54.0 Å². The fraction of sp³-hybridized carbons (Fsp3) is 0.344. The first kappa shape index (κ1) is 26.4. The standard InChI is InChI=1S/C32H34N2O5S.2H2/c1-19-29(32(36)39-21-12-15-40(3,37)16-13-21)30(24-8-6-9-25-23(24)11-14-33-25)31-26(34-19)17-20(18-27(31)35)22-7-4-5-10-28(22)38-2;;/h4-11,14,20-21,30,33-34H,3,12-13,15-18H2,1-2H3;2*1H/t20-,21?,30?,40?;;/m1../s1. The molecule has 1 aromatic heterocycles. The summed E-state index contributed by atoms with van der Waals surface area (Å²) >= 11 is 0. The van der Waals surface area contributed by atoms with E-state index in [-0.39, 0.29) is 20.7 Å². The van der Waals surface area contributed by atoms with E-state index < -0.39 is 21.4 Å². The molecular formula is C32H38N2O5S. The van der Waals surface area contributed by atoms with Crippen LogP contribution in [0.15, 0.2) is 77.3 Å². The number of aromatic nitrogens is 1. The molecule has 8 heteroatoms. The van der Waals surface area contributed by atoms with Gasteiger partial charge in [0.05, 0.1) is 12.7 Å². The van der Waals surface area contributed by atoms with Gasteiger partial charge in [0.15, 0.2) is 5.78 Å². The normalized spacial score (nSPS) is 26.9. The van der Waals surface area contributed by atoms with Crippen molar-refractivity contribution < 1.29 is 26.1 Å². The number of ether oxygens (including phenoxy) is 2. The van der Waals surface area contributed by atoms with Gasteiger partial charge in [-0.25, -0.2) is 4.79 Å². The van der Waals surface area contributed by atoms with E-state index in [2.05, 4.69) is 16.2 Å². The molecule has 3 heterocycles. The van der Waals surface area contributed by atoms with Crippen LogP contribution in [0.5, 0.6) is 5.75 Å². The lowest BCUT2D eigenvalue weighted by molar-refractivity contribution is -0.145. The zero-order valence-corrected chi connectivity index (χ0v) is 23.6. The molecule has 2 aliphatic heterocycles. The highest BCUT2D eigenvalue weighted by molar-refractivity contribution is 8.00. The number of carbonyl (C=O) groups is 2. The fourth-order valence-corrected chi connectivity index (χ4v) is 8.07. The lowest BCUT2D eigenvalue weighted by atomic mass is 9.71. The lowest BCUT2D eigenvalue weighted by Crippen LogP contribution is -2.37. The van der Waals surface area contributed by atoms with Crippen LogP contribution in [-0.2, 0) is 23.8 Å². The number of rotatable bonds is 5. The van der Waals surface area contributed by atoms with Crippen LogP contribution in [0, 0.1) is 0 Å². The summed E-state index contributed by atoms with van der Waals surface area (Å²) in [5.74, 6) is 4.47. The van der Waals surface area contributed by atoms with Crippen molar-refractivity contribution in [2.75, 3.05) is 18.6 Å². The predicted octanol–water partition coefficient (Wildman–Crippen LogP) is 5.45. The number of methoxy groups -OCH3 is 1. The van der Waals surface area contributed by atoms with Crippen LogP contribution in [-0.4, -0.2) is 51.5 Å². The highest BCUT2D eigenvalue weighted by atomic mass is 32.2. The first-order chi connectivity index (χ1) is 19.3. The summed E-state index contributed by atoms with van der Waals surface area (Å²) in [6.45, 7) is 1.88. The molecule has 1 fully saturated rings. The number of allylic oxidation sites excluding steroid dienone is 3. The van der Waals surface area contributed by atoms with Crippen LogP contribution in [0.1, 0.15) is 58.4 Å².